The van der Waals surface area contributed by atoms with Crippen LogP contribution in [-0.4, -0.2) is 50.0 Å². The number of nitrogens with one attached hydrogen (secondary N) is 2. The Hall–Kier alpha value is -2.57. The number of fused-ring (bicyclic) bond motifs is 1. The standard InChI is InChI=1S/C20H23N3O3.ClH/c1-21-10-11-23(2)20(25)15-7-5-8-16(12-15)22-19(24)18-13-14-6-3-4-9-17(14)26-18;/h3-9,12,18,21H,10-11,13H2,1-2H3,(H,22,24);1H. The predicted molar refractivity (Wildman–Crippen MR) is 108 cm³/mol. The lowest BCUT2D eigenvalue weighted by Crippen LogP contribution is -2.33. The molecule has 0 aliphatic carbocycles. The highest BCUT2D eigenvalue weighted by molar-refractivity contribution is 5.98. The summed E-state index contributed by atoms with van der Waals surface area (Å²) in [5, 5.41) is 5.87. The second kappa shape index (κ2) is 9.39. The molecule has 0 radical (unpaired) electrons. The van der Waals surface area contributed by atoms with Crippen molar-refractivity contribution in [2.45, 2.75) is 12.5 Å². The summed E-state index contributed by atoms with van der Waals surface area (Å²) in [4.78, 5) is 26.6. The molecule has 0 saturated heterocycles. The van der Waals surface area contributed by atoms with Crippen LogP contribution in [0.2, 0.25) is 0 Å². The summed E-state index contributed by atoms with van der Waals surface area (Å²) < 4.78 is 5.71. The zero-order valence-electron chi connectivity index (χ0n) is 15.4. The minimum atomic E-state index is -0.551. The average molecular weight is 390 g/mol. The second-order valence-electron chi connectivity index (χ2n) is 6.32. The minimum Gasteiger partial charge on any atom is -0.480 e. The van der Waals surface area contributed by atoms with Crippen molar-refractivity contribution in [2.24, 2.45) is 0 Å². The van der Waals surface area contributed by atoms with Crippen molar-refractivity contribution in [3.8, 4) is 5.75 Å². The molecule has 1 atom stereocenters. The van der Waals surface area contributed by atoms with E-state index in [2.05, 4.69) is 10.6 Å². The van der Waals surface area contributed by atoms with Gasteiger partial charge in [-0.3, -0.25) is 9.59 Å². The maximum atomic E-state index is 12.5. The second-order valence-corrected chi connectivity index (χ2v) is 6.32. The summed E-state index contributed by atoms with van der Waals surface area (Å²) in [5.41, 5.74) is 2.15. The molecule has 2 amide bonds. The largest absolute Gasteiger partial charge is 0.480 e. The van der Waals surface area contributed by atoms with E-state index in [9.17, 15) is 9.59 Å². The fourth-order valence-corrected chi connectivity index (χ4v) is 2.88. The van der Waals surface area contributed by atoms with Gasteiger partial charge < -0.3 is 20.3 Å². The monoisotopic (exact) mass is 389 g/mol. The number of carbonyl (C=O) groups excluding carboxylic acids is 2. The zero-order chi connectivity index (χ0) is 18.5. The first-order chi connectivity index (χ1) is 12.6. The molecule has 2 N–H and O–H groups in total. The van der Waals surface area contributed by atoms with Crippen molar-refractivity contribution in [1.82, 2.24) is 10.2 Å². The lowest BCUT2D eigenvalue weighted by atomic mass is 10.1. The Morgan fingerprint density at radius 1 is 1.19 bits per heavy atom. The fraction of sp³-hybridized carbons (Fsp3) is 0.300. The summed E-state index contributed by atoms with van der Waals surface area (Å²) in [6.45, 7) is 1.33. The molecule has 0 bridgehead atoms. The van der Waals surface area contributed by atoms with Crippen LogP contribution in [0.3, 0.4) is 0 Å². The third kappa shape index (κ3) is 4.99. The van der Waals surface area contributed by atoms with Crippen LogP contribution in [-0.2, 0) is 11.2 Å². The number of rotatable bonds is 6. The Kier molecular flexibility index (Phi) is 7.21. The van der Waals surface area contributed by atoms with Gasteiger partial charge in [0.2, 0.25) is 0 Å². The number of carbonyl (C=O) groups is 2. The normalized spacial score (nSPS) is 14.5. The molecule has 7 heteroatoms. The van der Waals surface area contributed by atoms with Crippen molar-refractivity contribution in [1.29, 1.82) is 0 Å². The highest BCUT2D eigenvalue weighted by atomic mass is 35.5. The van der Waals surface area contributed by atoms with Crippen LogP contribution < -0.4 is 15.4 Å². The van der Waals surface area contributed by atoms with Gasteiger partial charge in [0.1, 0.15) is 5.75 Å². The highest BCUT2D eigenvalue weighted by Crippen LogP contribution is 2.28. The van der Waals surface area contributed by atoms with Crippen molar-refractivity contribution < 1.29 is 14.3 Å². The molecule has 2 aromatic carbocycles. The van der Waals surface area contributed by atoms with Gasteiger partial charge >= 0.3 is 0 Å². The third-order valence-electron chi connectivity index (χ3n) is 4.36. The van der Waals surface area contributed by atoms with Crippen LogP contribution in [0.5, 0.6) is 5.75 Å². The number of halogens is 1. The molecule has 0 aromatic heterocycles. The first-order valence-corrected chi connectivity index (χ1v) is 8.64. The SMILES string of the molecule is CNCCN(C)C(=O)c1cccc(NC(=O)C2Cc3ccccc3O2)c1.Cl. The summed E-state index contributed by atoms with van der Waals surface area (Å²) in [6, 6.07) is 14.6. The van der Waals surface area contributed by atoms with E-state index in [1.807, 2.05) is 31.3 Å². The maximum absolute atomic E-state index is 12.5. The van der Waals surface area contributed by atoms with Gasteiger partial charge in [0, 0.05) is 37.8 Å². The molecular weight excluding hydrogens is 366 g/mol. The molecule has 1 unspecified atom stereocenters. The van der Waals surface area contributed by atoms with E-state index in [1.165, 1.54) is 0 Å². The van der Waals surface area contributed by atoms with Gasteiger partial charge in [0.15, 0.2) is 6.10 Å². The van der Waals surface area contributed by atoms with E-state index in [1.54, 1.807) is 36.2 Å². The van der Waals surface area contributed by atoms with Crippen LogP contribution in [0.25, 0.3) is 0 Å². The molecular formula is C20H24ClN3O3. The molecule has 2 aromatic rings. The third-order valence-corrected chi connectivity index (χ3v) is 4.36. The van der Waals surface area contributed by atoms with Crippen LogP contribution in [0.15, 0.2) is 48.5 Å². The summed E-state index contributed by atoms with van der Waals surface area (Å²) >= 11 is 0. The first kappa shape index (κ1) is 20.7. The zero-order valence-corrected chi connectivity index (χ0v) is 16.2. The Morgan fingerprint density at radius 2 is 1.96 bits per heavy atom. The van der Waals surface area contributed by atoms with E-state index in [0.717, 1.165) is 17.9 Å². The number of amides is 2. The molecule has 0 fully saturated rings. The number of nitrogens with zero attached hydrogens (tertiary/aromatic N) is 1. The van der Waals surface area contributed by atoms with Crippen molar-refractivity contribution in [2.75, 3.05) is 32.5 Å². The molecule has 6 nitrogen and oxygen atoms in total. The van der Waals surface area contributed by atoms with E-state index < -0.39 is 6.10 Å². The lowest BCUT2D eigenvalue weighted by molar-refractivity contribution is -0.122. The van der Waals surface area contributed by atoms with Gasteiger partial charge in [-0.2, -0.15) is 0 Å². The topological polar surface area (TPSA) is 70.7 Å². The maximum Gasteiger partial charge on any atom is 0.265 e. The van der Waals surface area contributed by atoms with E-state index in [0.29, 0.717) is 24.2 Å². The Labute approximate surface area is 165 Å². The number of ether oxygens (including phenoxy) is 1. The van der Waals surface area contributed by atoms with Gasteiger partial charge in [-0.05, 0) is 36.9 Å². The van der Waals surface area contributed by atoms with E-state index >= 15 is 0 Å². The van der Waals surface area contributed by atoms with Crippen molar-refractivity contribution >= 4 is 29.9 Å². The molecule has 27 heavy (non-hydrogen) atoms. The van der Waals surface area contributed by atoms with E-state index in [4.69, 9.17) is 4.74 Å². The number of anilines is 1. The number of hydrogen-bond acceptors (Lipinski definition) is 4. The van der Waals surface area contributed by atoms with Crippen LogP contribution >= 0.6 is 12.4 Å². The molecule has 0 saturated carbocycles. The van der Waals surface area contributed by atoms with Crippen LogP contribution in [0.4, 0.5) is 5.69 Å². The number of benzene rings is 2. The van der Waals surface area contributed by atoms with Crippen molar-refractivity contribution in [3.05, 3.63) is 59.7 Å². The van der Waals surface area contributed by atoms with Crippen LogP contribution in [0, 0.1) is 0 Å². The summed E-state index contributed by atoms with van der Waals surface area (Å²) in [7, 11) is 3.60. The Bertz CT molecular complexity index is 788. The molecule has 1 heterocycles. The summed E-state index contributed by atoms with van der Waals surface area (Å²) in [6.07, 6.45) is -0.00188. The van der Waals surface area contributed by atoms with Gasteiger partial charge in [-0.15, -0.1) is 12.4 Å². The van der Waals surface area contributed by atoms with Crippen LogP contribution in [0.1, 0.15) is 15.9 Å². The average Bonchev–Trinajstić information content (AvgIpc) is 3.10. The number of hydrogen-bond donors (Lipinski definition) is 2. The Balaban J connectivity index is 0.00000261. The first-order valence-electron chi connectivity index (χ1n) is 8.64. The lowest BCUT2D eigenvalue weighted by Gasteiger charge is -2.17. The van der Waals surface area contributed by atoms with Crippen molar-refractivity contribution in [3.63, 3.8) is 0 Å². The molecule has 144 valence electrons. The molecule has 3 rings (SSSR count). The smallest absolute Gasteiger partial charge is 0.265 e. The van der Waals surface area contributed by atoms with Gasteiger partial charge in [-0.25, -0.2) is 0 Å². The minimum absolute atomic E-state index is 0. The van der Waals surface area contributed by atoms with E-state index in [-0.39, 0.29) is 24.2 Å². The summed E-state index contributed by atoms with van der Waals surface area (Å²) in [5.74, 6) is 0.456. The molecule has 1 aliphatic rings. The fourth-order valence-electron chi connectivity index (χ4n) is 2.88. The Morgan fingerprint density at radius 3 is 2.70 bits per heavy atom. The van der Waals surface area contributed by atoms with Gasteiger partial charge in [-0.1, -0.05) is 24.3 Å². The molecule has 1 aliphatic heterocycles. The number of para-hydroxylation sites is 1. The highest BCUT2D eigenvalue weighted by Gasteiger charge is 2.28. The number of likely N-dealkylation sites (N-methyl/N-ethyl adjacent to an activating group) is 2. The predicted octanol–water partition coefficient (Wildman–Crippen LogP) is 2.34. The van der Waals surface area contributed by atoms with Gasteiger partial charge in [0.25, 0.3) is 11.8 Å². The molecule has 0 spiro atoms. The van der Waals surface area contributed by atoms with Gasteiger partial charge in [0.05, 0.1) is 0 Å². The quantitative estimate of drug-likeness (QED) is 0.795.